The van der Waals surface area contributed by atoms with Crippen LogP contribution in [-0.2, 0) is 17.9 Å². The number of ether oxygens (including phenoxy) is 1. The van der Waals surface area contributed by atoms with E-state index in [1.54, 1.807) is 40.3 Å². The molecule has 0 aliphatic carbocycles. The minimum Gasteiger partial charge on any atom is -0.488 e. The van der Waals surface area contributed by atoms with E-state index in [1.165, 1.54) is 0 Å². The SMILES string of the molecule is CSC(C)(C)c1cc(NC(=O)NCc2ccccc2Sc2ccc3nnc(-c4ccccc4OCc4ccccc4)n3c2)n(-c2ccc(Cl)cc2)n1. The summed E-state index contributed by atoms with van der Waals surface area (Å²) in [6.45, 7) is 4.97. The number of benzene rings is 4. The van der Waals surface area contributed by atoms with Crippen molar-refractivity contribution in [1.29, 1.82) is 0 Å². The smallest absolute Gasteiger partial charge is 0.320 e. The zero-order valence-corrected chi connectivity index (χ0v) is 31.2. The third kappa shape index (κ3) is 7.97. The van der Waals surface area contributed by atoms with E-state index in [1.807, 2.05) is 120 Å². The van der Waals surface area contributed by atoms with Crippen molar-refractivity contribution in [2.45, 2.75) is 41.5 Å². The Labute approximate surface area is 315 Å². The Balaban J connectivity index is 1.07. The van der Waals surface area contributed by atoms with Gasteiger partial charge in [-0.25, -0.2) is 9.48 Å². The van der Waals surface area contributed by atoms with Gasteiger partial charge >= 0.3 is 6.03 Å². The molecule has 262 valence electrons. The number of urea groups is 1. The minimum atomic E-state index is -0.341. The van der Waals surface area contributed by atoms with Gasteiger partial charge in [0.2, 0.25) is 0 Å². The van der Waals surface area contributed by atoms with Crippen molar-refractivity contribution in [2.75, 3.05) is 11.6 Å². The molecule has 0 bridgehead atoms. The summed E-state index contributed by atoms with van der Waals surface area (Å²) in [6.07, 6.45) is 4.08. The van der Waals surface area contributed by atoms with E-state index < -0.39 is 0 Å². The zero-order chi connectivity index (χ0) is 36.1. The molecule has 0 atom stereocenters. The summed E-state index contributed by atoms with van der Waals surface area (Å²) in [7, 11) is 0. The van der Waals surface area contributed by atoms with E-state index in [9.17, 15) is 4.79 Å². The highest BCUT2D eigenvalue weighted by Crippen LogP contribution is 2.36. The summed E-state index contributed by atoms with van der Waals surface area (Å²) in [5.74, 6) is 1.98. The highest BCUT2D eigenvalue weighted by atomic mass is 35.5. The number of rotatable bonds is 12. The number of amides is 2. The monoisotopic (exact) mass is 745 g/mol. The summed E-state index contributed by atoms with van der Waals surface area (Å²) in [5, 5.41) is 20.5. The Kier molecular flexibility index (Phi) is 10.5. The van der Waals surface area contributed by atoms with E-state index in [0.29, 0.717) is 29.8 Å². The lowest BCUT2D eigenvalue weighted by molar-refractivity contribution is 0.251. The maximum Gasteiger partial charge on any atom is 0.320 e. The number of carbonyl (C=O) groups is 1. The molecular weight excluding hydrogens is 710 g/mol. The Hall–Kier alpha value is -5.23. The normalized spacial score (nSPS) is 11.5. The van der Waals surface area contributed by atoms with Gasteiger partial charge in [-0.05, 0) is 85.8 Å². The van der Waals surface area contributed by atoms with Crippen LogP contribution in [0.2, 0.25) is 5.02 Å². The highest BCUT2D eigenvalue weighted by molar-refractivity contribution is 7.99. The van der Waals surface area contributed by atoms with Gasteiger partial charge in [-0.15, -0.1) is 10.2 Å². The van der Waals surface area contributed by atoms with Crippen LogP contribution < -0.4 is 15.4 Å². The largest absolute Gasteiger partial charge is 0.488 e. The standard InChI is InChI=1S/C40H36ClN7O2S2/c1-40(2,51-3)35-23-37(48(46-35)30-19-17-29(41)18-20-30)43-39(49)42-24-28-13-7-10-16-34(28)52-31-21-22-36-44-45-38(47(36)25-31)32-14-8-9-15-33(32)50-26-27-11-5-4-6-12-27/h4-23,25H,24,26H2,1-3H3,(H2,42,43,49). The van der Waals surface area contributed by atoms with Gasteiger partial charge in [0.05, 0.1) is 21.7 Å². The van der Waals surface area contributed by atoms with E-state index >= 15 is 0 Å². The van der Waals surface area contributed by atoms with Crippen molar-refractivity contribution in [3.63, 3.8) is 0 Å². The predicted molar refractivity (Wildman–Crippen MR) is 211 cm³/mol. The maximum absolute atomic E-state index is 13.3. The van der Waals surface area contributed by atoms with Crippen LogP contribution in [-0.4, -0.2) is 36.7 Å². The summed E-state index contributed by atoms with van der Waals surface area (Å²) in [4.78, 5) is 15.3. The molecule has 12 heteroatoms. The Bertz CT molecular complexity index is 2320. The molecule has 0 saturated carbocycles. The van der Waals surface area contributed by atoms with E-state index in [0.717, 1.165) is 49.3 Å². The quantitative estimate of drug-likeness (QED) is 0.129. The van der Waals surface area contributed by atoms with E-state index in [2.05, 4.69) is 40.7 Å². The van der Waals surface area contributed by atoms with Gasteiger partial charge in [-0.3, -0.25) is 9.72 Å². The molecule has 0 fully saturated rings. The van der Waals surface area contributed by atoms with Crippen molar-refractivity contribution < 1.29 is 9.53 Å². The van der Waals surface area contributed by atoms with Gasteiger partial charge in [0.15, 0.2) is 11.5 Å². The average Bonchev–Trinajstić information content (AvgIpc) is 3.79. The average molecular weight is 746 g/mol. The molecular formula is C40H36ClN7O2S2. The number of hydrogen-bond acceptors (Lipinski definition) is 7. The number of nitrogens with zero attached hydrogens (tertiary/aromatic N) is 5. The lowest BCUT2D eigenvalue weighted by atomic mass is 10.1. The second kappa shape index (κ2) is 15.6. The summed E-state index contributed by atoms with van der Waals surface area (Å²) in [5.41, 5.74) is 5.28. The number of fused-ring (bicyclic) bond motifs is 1. The van der Waals surface area contributed by atoms with E-state index in [4.69, 9.17) is 21.4 Å². The fourth-order valence-corrected chi connectivity index (χ4v) is 6.89. The van der Waals surface area contributed by atoms with Crippen LogP contribution in [0.25, 0.3) is 22.7 Å². The van der Waals surface area contributed by atoms with Crippen LogP contribution in [0.3, 0.4) is 0 Å². The van der Waals surface area contributed by atoms with Gasteiger partial charge in [0, 0.05) is 33.6 Å². The first-order valence-electron chi connectivity index (χ1n) is 16.6. The fourth-order valence-electron chi connectivity index (χ4n) is 5.49. The van der Waals surface area contributed by atoms with Crippen LogP contribution in [0.1, 0.15) is 30.7 Å². The van der Waals surface area contributed by atoms with Crippen LogP contribution in [0.15, 0.2) is 137 Å². The number of anilines is 1. The molecule has 0 aliphatic rings. The van der Waals surface area contributed by atoms with Crippen LogP contribution in [0.5, 0.6) is 5.75 Å². The number of nitrogens with one attached hydrogen (secondary N) is 2. The first-order valence-corrected chi connectivity index (χ1v) is 19.0. The number of thioether (sulfide) groups is 1. The van der Waals surface area contributed by atoms with Crippen molar-refractivity contribution in [3.05, 3.63) is 149 Å². The van der Waals surface area contributed by atoms with Gasteiger partial charge in [0.1, 0.15) is 18.2 Å². The maximum atomic E-state index is 13.3. The Morgan fingerprint density at radius 2 is 1.63 bits per heavy atom. The molecule has 52 heavy (non-hydrogen) atoms. The molecule has 7 aromatic rings. The number of halogens is 1. The van der Waals surface area contributed by atoms with Gasteiger partial charge in [-0.1, -0.05) is 84.0 Å². The molecule has 0 spiro atoms. The second-order valence-electron chi connectivity index (χ2n) is 12.4. The van der Waals surface area contributed by atoms with Gasteiger partial charge in [-0.2, -0.15) is 16.9 Å². The van der Waals surface area contributed by atoms with Crippen molar-refractivity contribution in [3.8, 4) is 22.8 Å². The molecule has 0 unspecified atom stereocenters. The van der Waals surface area contributed by atoms with Crippen molar-refractivity contribution in [1.82, 2.24) is 29.7 Å². The first-order chi connectivity index (χ1) is 25.3. The Morgan fingerprint density at radius 3 is 2.44 bits per heavy atom. The molecule has 2 N–H and O–H groups in total. The lowest BCUT2D eigenvalue weighted by Crippen LogP contribution is -2.29. The molecule has 0 aliphatic heterocycles. The number of para-hydroxylation sites is 1. The van der Waals surface area contributed by atoms with Crippen LogP contribution >= 0.6 is 35.1 Å². The number of pyridine rings is 1. The van der Waals surface area contributed by atoms with Gasteiger partial charge < -0.3 is 10.1 Å². The molecule has 7 rings (SSSR count). The predicted octanol–water partition coefficient (Wildman–Crippen LogP) is 9.89. The number of hydrogen-bond donors (Lipinski definition) is 2. The van der Waals surface area contributed by atoms with Crippen molar-refractivity contribution in [2.24, 2.45) is 0 Å². The third-order valence-electron chi connectivity index (χ3n) is 8.53. The molecule has 4 aromatic carbocycles. The minimum absolute atomic E-state index is 0.253. The highest BCUT2D eigenvalue weighted by Gasteiger charge is 2.25. The number of aromatic nitrogens is 5. The summed E-state index contributed by atoms with van der Waals surface area (Å²) in [6, 6.07) is 38.9. The molecule has 3 aromatic heterocycles. The van der Waals surface area contributed by atoms with Crippen LogP contribution in [0.4, 0.5) is 10.6 Å². The van der Waals surface area contributed by atoms with E-state index in [-0.39, 0.29) is 10.8 Å². The van der Waals surface area contributed by atoms with Crippen molar-refractivity contribution >= 4 is 52.6 Å². The molecule has 3 heterocycles. The molecule has 9 nitrogen and oxygen atoms in total. The summed E-state index contributed by atoms with van der Waals surface area (Å²) < 4.78 is 9.70. The molecule has 0 saturated heterocycles. The van der Waals surface area contributed by atoms with Gasteiger partial charge in [0.25, 0.3) is 0 Å². The fraction of sp³-hybridized carbons (Fsp3) is 0.150. The topological polar surface area (TPSA) is 98.4 Å². The third-order valence-corrected chi connectivity index (χ3v) is 11.1. The molecule has 2 amide bonds. The second-order valence-corrected chi connectivity index (χ2v) is 15.4. The summed E-state index contributed by atoms with van der Waals surface area (Å²) >= 11 is 9.44. The molecule has 0 radical (unpaired) electrons. The Morgan fingerprint density at radius 1 is 0.885 bits per heavy atom. The number of carbonyl (C=O) groups excluding carboxylic acids is 1. The first kappa shape index (κ1) is 35.2. The van der Waals surface area contributed by atoms with Crippen LogP contribution in [0, 0.1) is 0 Å². The zero-order valence-electron chi connectivity index (χ0n) is 28.8. The lowest BCUT2D eigenvalue weighted by Gasteiger charge is -2.18.